The largest absolute Gasteiger partial charge is 0.325 e. The zero-order chi connectivity index (χ0) is 19.7. The number of hydrogen-bond donors (Lipinski definition) is 0. The van der Waals surface area contributed by atoms with Gasteiger partial charge in [-0.2, -0.15) is 15.0 Å². The van der Waals surface area contributed by atoms with E-state index in [-0.39, 0.29) is 24.8 Å². The lowest BCUT2D eigenvalue weighted by Gasteiger charge is -2.30. The van der Waals surface area contributed by atoms with Gasteiger partial charge in [0.2, 0.25) is 0 Å². The van der Waals surface area contributed by atoms with Crippen LogP contribution in [0.15, 0.2) is 48.5 Å². The van der Waals surface area contributed by atoms with Gasteiger partial charge in [-0.15, -0.1) is 24.8 Å². The molecule has 0 fully saturated rings. The molecule has 0 aliphatic carbocycles. The molecule has 0 bridgehead atoms. The molecule has 0 spiro atoms. The summed E-state index contributed by atoms with van der Waals surface area (Å²) in [4.78, 5) is 9.16. The van der Waals surface area contributed by atoms with Crippen LogP contribution in [0.25, 0.3) is 22.1 Å². The summed E-state index contributed by atoms with van der Waals surface area (Å²) in [7, 11) is 0. The fourth-order valence-corrected chi connectivity index (χ4v) is 3.93. The molecule has 4 aromatic rings. The Morgan fingerprint density at radius 2 is 1.33 bits per heavy atom. The number of benzene rings is 2. The van der Waals surface area contributed by atoms with Gasteiger partial charge in [0.1, 0.15) is 23.4 Å². The Balaban J connectivity index is 0.00000160. The van der Waals surface area contributed by atoms with Gasteiger partial charge in [0.05, 0.1) is 11.0 Å². The number of aromatic nitrogens is 5. The van der Waals surface area contributed by atoms with Gasteiger partial charge in [0.15, 0.2) is 0 Å². The second-order valence-corrected chi connectivity index (χ2v) is 7.81. The number of halogens is 2. The molecule has 0 saturated heterocycles. The standard InChI is InChI=1S/C22H28N6.2ClH/c1-16(2)26(17(3)4)13-14-27-21-12-8-7-11-20(21)23-22(27)15-28-24-18-9-5-6-10-19(18)25-28;;/h5-12,16-17H,13-15H2,1-4H3;2*1H. The number of hydrogen-bond acceptors (Lipinski definition) is 4. The molecule has 4 rings (SSSR count). The maximum atomic E-state index is 4.89. The van der Waals surface area contributed by atoms with Crippen LogP contribution >= 0.6 is 24.8 Å². The molecule has 0 aliphatic heterocycles. The average molecular weight is 449 g/mol. The van der Waals surface area contributed by atoms with Crippen LogP contribution in [-0.2, 0) is 13.1 Å². The molecular weight excluding hydrogens is 419 g/mol. The number of fused-ring (bicyclic) bond motifs is 2. The maximum Gasteiger partial charge on any atom is 0.133 e. The van der Waals surface area contributed by atoms with Crippen LogP contribution in [0.2, 0.25) is 0 Å². The topological polar surface area (TPSA) is 51.8 Å². The molecule has 6 nitrogen and oxygen atoms in total. The van der Waals surface area contributed by atoms with Crippen molar-refractivity contribution in [1.82, 2.24) is 29.4 Å². The Labute approximate surface area is 190 Å². The van der Waals surface area contributed by atoms with Crippen molar-refractivity contribution in [2.45, 2.75) is 52.9 Å². The van der Waals surface area contributed by atoms with E-state index in [1.165, 1.54) is 5.52 Å². The minimum atomic E-state index is 0. The molecule has 0 saturated carbocycles. The van der Waals surface area contributed by atoms with Gasteiger partial charge >= 0.3 is 0 Å². The minimum absolute atomic E-state index is 0. The number of rotatable bonds is 7. The smallest absolute Gasteiger partial charge is 0.133 e. The maximum absolute atomic E-state index is 4.89. The molecule has 0 radical (unpaired) electrons. The first kappa shape index (κ1) is 24.1. The fraction of sp³-hybridized carbons (Fsp3) is 0.409. The summed E-state index contributed by atoms with van der Waals surface area (Å²) in [5.74, 6) is 0.994. The quantitative estimate of drug-likeness (QED) is 0.407. The van der Waals surface area contributed by atoms with Crippen LogP contribution in [0.3, 0.4) is 0 Å². The van der Waals surface area contributed by atoms with Crippen LogP contribution in [0.5, 0.6) is 0 Å². The summed E-state index contributed by atoms with van der Waals surface area (Å²) < 4.78 is 2.32. The predicted molar refractivity (Wildman–Crippen MR) is 128 cm³/mol. The molecule has 0 amide bonds. The molecule has 0 unspecified atom stereocenters. The van der Waals surface area contributed by atoms with Gasteiger partial charge in [-0.25, -0.2) is 4.98 Å². The highest BCUT2D eigenvalue weighted by molar-refractivity contribution is 5.85. The minimum Gasteiger partial charge on any atom is -0.325 e. The molecule has 8 heteroatoms. The third kappa shape index (κ3) is 4.94. The third-order valence-electron chi connectivity index (χ3n) is 5.25. The molecule has 2 aromatic heterocycles. The molecular formula is C22H30Cl2N6. The second kappa shape index (κ2) is 10.2. The summed E-state index contributed by atoms with van der Waals surface area (Å²) in [5, 5.41) is 9.23. The fourth-order valence-electron chi connectivity index (χ4n) is 3.93. The van der Waals surface area contributed by atoms with E-state index in [0.717, 1.165) is 35.5 Å². The Hall–Kier alpha value is -2.15. The van der Waals surface area contributed by atoms with Crippen molar-refractivity contribution in [3.05, 3.63) is 54.4 Å². The molecule has 0 N–H and O–H groups in total. The Bertz CT molecular complexity index is 1040. The first-order valence-electron chi connectivity index (χ1n) is 10.0. The van der Waals surface area contributed by atoms with Gasteiger partial charge in [-0.1, -0.05) is 24.3 Å². The Morgan fingerprint density at radius 3 is 1.90 bits per heavy atom. The predicted octanol–water partition coefficient (Wildman–Crippen LogP) is 4.79. The summed E-state index contributed by atoms with van der Waals surface area (Å²) in [6, 6.07) is 17.3. The Morgan fingerprint density at radius 1 is 0.800 bits per heavy atom. The summed E-state index contributed by atoms with van der Waals surface area (Å²) >= 11 is 0. The molecule has 2 heterocycles. The van der Waals surface area contributed by atoms with E-state index in [4.69, 9.17) is 4.98 Å². The Kier molecular flexibility index (Phi) is 8.24. The normalized spacial score (nSPS) is 11.4. The van der Waals surface area contributed by atoms with Gasteiger partial charge in [-0.05, 0) is 52.0 Å². The first-order valence-corrected chi connectivity index (χ1v) is 10.0. The lowest BCUT2D eigenvalue weighted by molar-refractivity contribution is 0.168. The zero-order valence-electron chi connectivity index (χ0n) is 17.9. The molecule has 0 atom stereocenters. The van der Waals surface area contributed by atoms with E-state index in [2.05, 4.69) is 65.6 Å². The number of para-hydroxylation sites is 2. The summed E-state index contributed by atoms with van der Waals surface area (Å²) in [6.07, 6.45) is 0. The van der Waals surface area contributed by atoms with Gasteiger partial charge in [0.25, 0.3) is 0 Å². The van der Waals surface area contributed by atoms with E-state index in [1.807, 2.05) is 30.3 Å². The summed E-state index contributed by atoms with van der Waals surface area (Å²) in [5.41, 5.74) is 4.02. The van der Waals surface area contributed by atoms with Gasteiger partial charge < -0.3 is 4.57 Å². The zero-order valence-corrected chi connectivity index (χ0v) is 19.5. The van der Waals surface area contributed by atoms with Crippen LogP contribution in [0, 0.1) is 0 Å². The van der Waals surface area contributed by atoms with Crippen molar-refractivity contribution in [3.63, 3.8) is 0 Å². The highest BCUT2D eigenvalue weighted by Crippen LogP contribution is 2.18. The van der Waals surface area contributed by atoms with Crippen molar-refractivity contribution in [3.8, 4) is 0 Å². The SMILES string of the molecule is CC(C)N(CCn1c(Cn2nc3ccccc3n2)nc2ccccc21)C(C)C.Cl.Cl. The van der Waals surface area contributed by atoms with Crippen molar-refractivity contribution in [2.24, 2.45) is 0 Å². The van der Waals surface area contributed by atoms with Gasteiger partial charge in [-0.3, -0.25) is 4.90 Å². The van der Waals surface area contributed by atoms with E-state index in [9.17, 15) is 0 Å². The van der Waals surface area contributed by atoms with Crippen LogP contribution in [0.4, 0.5) is 0 Å². The van der Waals surface area contributed by atoms with Crippen LogP contribution in [0.1, 0.15) is 33.5 Å². The molecule has 2 aromatic carbocycles. The molecule has 162 valence electrons. The van der Waals surface area contributed by atoms with Crippen molar-refractivity contribution < 1.29 is 0 Å². The second-order valence-electron chi connectivity index (χ2n) is 7.81. The van der Waals surface area contributed by atoms with Gasteiger partial charge in [0, 0.05) is 25.2 Å². The highest BCUT2D eigenvalue weighted by atomic mass is 35.5. The third-order valence-corrected chi connectivity index (χ3v) is 5.25. The van der Waals surface area contributed by atoms with E-state index < -0.39 is 0 Å². The van der Waals surface area contributed by atoms with Crippen LogP contribution in [-0.4, -0.2) is 48.1 Å². The van der Waals surface area contributed by atoms with E-state index in [1.54, 1.807) is 4.80 Å². The first-order chi connectivity index (χ1) is 13.5. The van der Waals surface area contributed by atoms with Crippen molar-refractivity contribution in [2.75, 3.05) is 6.54 Å². The molecule has 30 heavy (non-hydrogen) atoms. The average Bonchev–Trinajstić information content (AvgIpc) is 3.22. The molecule has 0 aliphatic rings. The number of nitrogens with zero attached hydrogens (tertiary/aromatic N) is 6. The number of imidazole rings is 1. The van der Waals surface area contributed by atoms with Crippen molar-refractivity contribution >= 4 is 46.9 Å². The van der Waals surface area contributed by atoms with Crippen LogP contribution < -0.4 is 0 Å². The van der Waals surface area contributed by atoms with Crippen molar-refractivity contribution in [1.29, 1.82) is 0 Å². The lowest BCUT2D eigenvalue weighted by Crippen LogP contribution is -2.39. The summed E-state index contributed by atoms with van der Waals surface area (Å²) in [6.45, 7) is 11.5. The van der Waals surface area contributed by atoms with E-state index in [0.29, 0.717) is 18.6 Å². The van der Waals surface area contributed by atoms with E-state index >= 15 is 0 Å². The lowest BCUT2D eigenvalue weighted by atomic mass is 10.2. The highest BCUT2D eigenvalue weighted by Gasteiger charge is 2.17. The monoisotopic (exact) mass is 448 g/mol.